The quantitative estimate of drug-likeness (QED) is 0.801. The van der Waals surface area contributed by atoms with E-state index in [-0.39, 0.29) is 0 Å². The van der Waals surface area contributed by atoms with Gasteiger partial charge >= 0.3 is 0 Å². The molecule has 94 valence electrons. The monoisotopic (exact) mass is 270 g/mol. The highest BCUT2D eigenvalue weighted by Gasteiger charge is 2.02. The summed E-state index contributed by atoms with van der Waals surface area (Å²) < 4.78 is 0. The van der Waals surface area contributed by atoms with E-state index in [2.05, 4.69) is 24.5 Å². The van der Waals surface area contributed by atoms with Crippen molar-refractivity contribution in [2.24, 2.45) is 0 Å². The molecule has 0 aliphatic carbocycles. The summed E-state index contributed by atoms with van der Waals surface area (Å²) >= 11 is 11.0. The van der Waals surface area contributed by atoms with Gasteiger partial charge in [-0.2, -0.15) is 0 Å². The average molecular weight is 271 g/mol. The molecule has 0 aromatic heterocycles. The summed E-state index contributed by atoms with van der Waals surface area (Å²) in [5.74, 6) is 0. The molecule has 0 saturated heterocycles. The lowest BCUT2D eigenvalue weighted by Crippen LogP contribution is -2.40. The first-order valence-electron chi connectivity index (χ1n) is 5.90. The first kappa shape index (κ1) is 14.3. The van der Waals surface area contributed by atoms with Crippen LogP contribution in [0.15, 0.2) is 24.3 Å². The van der Waals surface area contributed by atoms with E-state index in [1.54, 1.807) is 0 Å². The van der Waals surface area contributed by atoms with Crippen molar-refractivity contribution < 1.29 is 0 Å². The van der Waals surface area contributed by atoms with Crippen LogP contribution >= 0.6 is 23.8 Å². The predicted molar refractivity (Wildman–Crippen MR) is 78.4 cm³/mol. The Balaban J connectivity index is 2.30. The molecule has 1 aromatic carbocycles. The molecule has 0 radical (unpaired) electrons. The van der Waals surface area contributed by atoms with Gasteiger partial charge < -0.3 is 10.6 Å². The molecule has 4 heteroatoms. The molecule has 0 heterocycles. The van der Waals surface area contributed by atoms with Crippen LogP contribution in [-0.2, 0) is 6.54 Å². The first-order valence-corrected chi connectivity index (χ1v) is 6.69. The summed E-state index contributed by atoms with van der Waals surface area (Å²) in [6, 6.07) is 8.18. The normalized spacial score (nSPS) is 11.9. The van der Waals surface area contributed by atoms with Gasteiger partial charge in [-0.05, 0) is 43.3 Å². The Kier molecular flexibility index (Phi) is 6.30. The minimum absolute atomic E-state index is 0.421. The molecule has 0 aliphatic heterocycles. The molecule has 0 amide bonds. The van der Waals surface area contributed by atoms with Gasteiger partial charge in [0.05, 0.1) is 0 Å². The lowest BCUT2D eigenvalue weighted by atomic mass is 10.2. The fraction of sp³-hybridized carbons (Fsp3) is 0.462. The third-order valence-corrected chi connectivity index (χ3v) is 2.98. The van der Waals surface area contributed by atoms with Crippen molar-refractivity contribution >= 4 is 28.9 Å². The minimum Gasteiger partial charge on any atom is -0.360 e. The third kappa shape index (κ3) is 5.89. The van der Waals surface area contributed by atoms with Crippen LogP contribution in [0.3, 0.4) is 0 Å². The van der Waals surface area contributed by atoms with E-state index >= 15 is 0 Å². The van der Waals surface area contributed by atoms with E-state index in [1.165, 1.54) is 5.56 Å². The van der Waals surface area contributed by atoms with E-state index in [0.29, 0.717) is 11.2 Å². The van der Waals surface area contributed by atoms with Gasteiger partial charge in [0, 0.05) is 17.6 Å². The smallest absolute Gasteiger partial charge is 0.166 e. The molecule has 1 unspecified atom stereocenters. The highest BCUT2D eigenvalue weighted by atomic mass is 35.5. The SMILES string of the molecule is CCCC(C)NC(=S)NCc1ccc(Cl)cc1. The van der Waals surface area contributed by atoms with E-state index in [0.717, 1.165) is 24.4 Å². The maximum atomic E-state index is 5.82. The number of rotatable bonds is 5. The lowest BCUT2D eigenvalue weighted by Gasteiger charge is -2.16. The third-order valence-electron chi connectivity index (χ3n) is 2.47. The Morgan fingerprint density at radius 1 is 1.35 bits per heavy atom. The Morgan fingerprint density at radius 2 is 2.00 bits per heavy atom. The van der Waals surface area contributed by atoms with Crippen molar-refractivity contribution in [1.29, 1.82) is 0 Å². The Hall–Kier alpha value is -0.800. The second-order valence-electron chi connectivity index (χ2n) is 4.14. The second-order valence-corrected chi connectivity index (χ2v) is 4.99. The zero-order valence-corrected chi connectivity index (χ0v) is 11.9. The Morgan fingerprint density at radius 3 is 2.59 bits per heavy atom. The van der Waals surface area contributed by atoms with E-state index in [9.17, 15) is 0 Å². The summed E-state index contributed by atoms with van der Waals surface area (Å²) in [5.41, 5.74) is 1.17. The molecule has 17 heavy (non-hydrogen) atoms. The van der Waals surface area contributed by atoms with Crippen LogP contribution in [-0.4, -0.2) is 11.2 Å². The molecular weight excluding hydrogens is 252 g/mol. The van der Waals surface area contributed by atoms with E-state index in [4.69, 9.17) is 23.8 Å². The van der Waals surface area contributed by atoms with Gasteiger partial charge in [0.2, 0.25) is 0 Å². The molecule has 1 atom stereocenters. The predicted octanol–water partition coefficient (Wildman–Crippen LogP) is 3.49. The molecule has 2 nitrogen and oxygen atoms in total. The fourth-order valence-electron chi connectivity index (χ4n) is 1.56. The highest BCUT2D eigenvalue weighted by Crippen LogP contribution is 2.09. The minimum atomic E-state index is 0.421. The van der Waals surface area contributed by atoms with E-state index < -0.39 is 0 Å². The Labute approximate surface area is 114 Å². The van der Waals surface area contributed by atoms with Crippen molar-refractivity contribution in [2.75, 3.05) is 0 Å². The second kappa shape index (κ2) is 7.51. The number of benzene rings is 1. The maximum absolute atomic E-state index is 5.82. The topological polar surface area (TPSA) is 24.1 Å². The zero-order valence-electron chi connectivity index (χ0n) is 10.3. The van der Waals surface area contributed by atoms with Gasteiger partial charge in [0.1, 0.15) is 0 Å². The molecule has 0 spiro atoms. The molecule has 1 rings (SSSR count). The summed E-state index contributed by atoms with van der Waals surface area (Å²) in [6.45, 7) is 5.03. The van der Waals surface area contributed by atoms with Crippen molar-refractivity contribution in [3.8, 4) is 0 Å². The number of nitrogens with one attached hydrogen (secondary N) is 2. The van der Waals surface area contributed by atoms with Crippen LogP contribution in [0.5, 0.6) is 0 Å². The molecule has 1 aromatic rings. The molecule has 0 aliphatic rings. The van der Waals surface area contributed by atoms with Crippen molar-refractivity contribution in [1.82, 2.24) is 10.6 Å². The van der Waals surface area contributed by atoms with Gasteiger partial charge in [-0.1, -0.05) is 37.1 Å². The van der Waals surface area contributed by atoms with Gasteiger partial charge in [-0.25, -0.2) is 0 Å². The zero-order chi connectivity index (χ0) is 12.7. The average Bonchev–Trinajstić information content (AvgIpc) is 2.28. The van der Waals surface area contributed by atoms with Gasteiger partial charge in [-0.15, -0.1) is 0 Å². The van der Waals surface area contributed by atoms with Crippen LogP contribution in [0.1, 0.15) is 32.3 Å². The fourth-order valence-corrected chi connectivity index (χ4v) is 1.96. The van der Waals surface area contributed by atoms with E-state index in [1.807, 2.05) is 24.3 Å². The standard InChI is InChI=1S/C13H19ClN2S/c1-3-4-10(2)16-13(17)15-9-11-5-7-12(14)8-6-11/h5-8,10H,3-4,9H2,1-2H3,(H2,15,16,17). The largest absolute Gasteiger partial charge is 0.360 e. The van der Waals surface area contributed by atoms with Gasteiger partial charge in [0.15, 0.2) is 5.11 Å². The Bertz CT molecular complexity index is 351. The van der Waals surface area contributed by atoms with Crippen LogP contribution < -0.4 is 10.6 Å². The first-order chi connectivity index (χ1) is 8.11. The van der Waals surface area contributed by atoms with Gasteiger partial charge in [0.25, 0.3) is 0 Å². The van der Waals surface area contributed by atoms with Crippen molar-refractivity contribution in [3.63, 3.8) is 0 Å². The van der Waals surface area contributed by atoms with Gasteiger partial charge in [-0.3, -0.25) is 0 Å². The summed E-state index contributed by atoms with van der Waals surface area (Å²) in [4.78, 5) is 0. The number of thiocarbonyl (C=S) groups is 1. The highest BCUT2D eigenvalue weighted by molar-refractivity contribution is 7.80. The summed E-state index contributed by atoms with van der Waals surface area (Å²) in [6.07, 6.45) is 2.29. The van der Waals surface area contributed by atoms with Crippen LogP contribution in [0.25, 0.3) is 0 Å². The van der Waals surface area contributed by atoms with Crippen LogP contribution in [0.2, 0.25) is 5.02 Å². The summed E-state index contributed by atoms with van der Waals surface area (Å²) in [5, 5.41) is 7.91. The summed E-state index contributed by atoms with van der Waals surface area (Å²) in [7, 11) is 0. The van der Waals surface area contributed by atoms with Crippen LogP contribution in [0.4, 0.5) is 0 Å². The molecule has 2 N–H and O–H groups in total. The lowest BCUT2D eigenvalue weighted by molar-refractivity contribution is 0.590. The van der Waals surface area contributed by atoms with Crippen LogP contribution in [0, 0.1) is 0 Å². The maximum Gasteiger partial charge on any atom is 0.166 e. The number of hydrogen-bond acceptors (Lipinski definition) is 1. The van der Waals surface area contributed by atoms with Crippen molar-refractivity contribution in [2.45, 2.75) is 39.3 Å². The molecule has 0 bridgehead atoms. The van der Waals surface area contributed by atoms with Crippen molar-refractivity contribution in [3.05, 3.63) is 34.9 Å². The molecule has 0 fully saturated rings. The number of halogens is 1. The molecule has 0 saturated carbocycles. The molecular formula is C13H19ClN2S. The number of hydrogen-bond donors (Lipinski definition) is 2.